The predicted octanol–water partition coefficient (Wildman–Crippen LogP) is 3.60. The molecule has 0 saturated carbocycles. The zero-order valence-electron chi connectivity index (χ0n) is 10.7. The molecule has 0 unspecified atom stereocenters. The fourth-order valence-corrected chi connectivity index (χ4v) is 2.32. The van der Waals surface area contributed by atoms with Crippen LogP contribution in [0.5, 0.6) is 0 Å². The highest BCUT2D eigenvalue weighted by Crippen LogP contribution is 2.31. The molecule has 0 aliphatic carbocycles. The smallest absolute Gasteiger partial charge is 0.160 e. The molecule has 15 heavy (non-hydrogen) atoms. The molecule has 1 aliphatic heterocycles. The van der Waals surface area contributed by atoms with Crippen LogP contribution in [0.4, 0.5) is 0 Å². The SMILES string of the molecule is CCC[C@H](C)C1OCC(C)(CCC)CO1. The van der Waals surface area contributed by atoms with Crippen LogP contribution in [-0.2, 0) is 9.47 Å². The zero-order chi connectivity index (χ0) is 11.3. The Hall–Kier alpha value is -0.0800. The van der Waals surface area contributed by atoms with Crippen molar-refractivity contribution in [2.45, 2.75) is 59.7 Å². The summed E-state index contributed by atoms with van der Waals surface area (Å²) in [6.45, 7) is 10.6. The van der Waals surface area contributed by atoms with Gasteiger partial charge < -0.3 is 9.47 Å². The number of rotatable bonds is 5. The summed E-state index contributed by atoms with van der Waals surface area (Å²) in [4.78, 5) is 0. The second kappa shape index (κ2) is 5.86. The molecular weight excluding hydrogens is 188 g/mol. The van der Waals surface area contributed by atoms with Gasteiger partial charge in [0.15, 0.2) is 6.29 Å². The Morgan fingerprint density at radius 2 is 1.80 bits per heavy atom. The molecular formula is C13H26O2. The minimum Gasteiger partial charge on any atom is -0.352 e. The molecule has 0 spiro atoms. The van der Waals surface area contributed by atoms with E-state index >= 15 is 0 Å². The largest absolute Gasteiger partial charge is 0.352 e. The van der Waals surface area contributed by atoms with Gasteiger partial charge in [-0.2, -0.15) is 0 Å². The van der Waals surface area contributed by atoms with Crippen LogP contribution in [0.25, 0.3) is 0 Å². The van der Waals surface area contributed by atoms with Crippen LogP contribution in [0.2, 0.25) is 0 Å². The maximum Gasteiger partial charge on any atom is 0.160 e. The Bertz CT molecular complexity index is 171. The van der Waals surface area contributed by atoms with Gasteiger partial charge in [-0.3, -0.25) is 0 Å². The first-order chi connectivity index (χ1) is 7.11. The van der Waals surface area contributed by atoms with E-state index in [0.717, 1.165) is 13.2 Å². The van der Waals surface area contributed by atoms with Crippen molar-refractivity contribution < 1.29 is 9.47 Å². The minimum absolute atomic E-state index is 0.0369. The number of hydrogen-bond donors (Lipinski definition) is 0. The van der Waals surface area contributed by atoms with Crippen molar-refractivity contribution >= 4 is 0 Å². The Morgan fingerprint density at radius 3 is 2.27 bits per heavy atom. The van der Waals surface area contributed by atoms with Crippen LogP contribution in [0.15, 0.2) is 0 Å². The third-order valence-corrected chi connectivity index (χ3v) is 3.25. The number of ether oxygens (including phenoxy) is 2. The van der Waals surface area contributed by atoms with Crippen molar-refractivity contribution in [2.24, 2.45) is 11.3 Å². The van der Waals surface area contributed by atoms with Crippen LogP contribution in [0.1, 0.15) is 53.4 Å². The van der Waals surface area contributed by atoms with Crippen molar-refractivity contribution in [3.63, 3.8) is 0 Å². The van der Waals surface area contributed by atoms with Crippen LogP contribution >= 0.6 is 0 Å². The van der Waals surface area contributed by atoms with Crippen molar-refractivity contribution in [1.29, 1.82) is 0 Å². The second-order valence-electron chi connectivity index (χ2n) is 5.32. The summed E-state index contributed by atoms with van der Waals surface area (Å²) in [5, 5.41) is 0. The Kier molecular flexibility index (Phi) is 5.07. The fraction of sp³-hybridized carbons (Fsp3) is 1.00. The molecule has 2 nitrogen and oxygen atoms in total. The van der Waals surface area contributed by atoms with Crippen molar-refractivity contribution in [3.8, 4) is 0 Å². The molecule has 0 bridgehead atoms. The topological polar surface area (TPSA) is 18.5 Å². The maximum atomic E-state index is 5.84. The third kappa shape index (κ3) is 3.76. The van der Waals surface area contributed by atoms with Gasteiger partial charge in [0.25, 0.3) is 0 Å². The van der Waals surface area contributed by atoms with Crippen LogP contribution in [0.3, 0.4) is 0 Å². The molecule has 1 rings (SSSR count). The van der Waals surface area contributed by atoms with Crippen molar-refractivity contribution in [1.82, 2.24) is 0 Å². The van der Waals surface area contributed by atoms with Gasteiger partial charge in [-0.1, -0.05) is 40.5 Å². The molecule has 0 aromatic rings. The van der Waals surface area contributed by atoms with Crippen LogP contribution in [0, 0.1) is 11.3 Å². The first-order valence-corrected chi connectivity index (χ1v) is 6.34. The molecule has 1 atom stereocenters. The van der Waals surface area contributed by atoms with E-state index in [4.69, 9.17) is 9.47 Å². The van der Waals surface area contributed by atoms with E-state index in [1.54, 1.807) is 0 Å². The highest BCUT2D eigenvalue weighted by molar-refractivity contribution is 4.77. The predicted molar refractivity (Wildman–Crippen MR) is 62.8 cm³/mol. The highest BCUT2D eigenvalue weighted by Gasteiger charge is 2.33. The second-order valence-corrected chi connectivity index (χ2v) is 5.32. The summed E-state index contributed by atoms with van der Waals surface area (Å²) >= 11 is 0. The monoisotopic (exact) mass is 214 g/mol. The normalized spacial score (nSPS) is 34.0. The molecule has 90 valence electrons. The molecule has 0 amide bonds. The standard InChI is InChI=1S/C13H26O2/c1-5-7-11(3)12-14-9-13(4,8-6-2)10-15-12/h11-12H,5-10H2,1-4H3/t11-,12?,13?/m0/s1. The lowest BCUT2D eigenvalue weighted by Gasteiger charge is -2.39. The Labute approximate surface area is 94.3 Å². The first kappa shape index (κ1) is 13.0. The summed E-state index contributed by atoms with van der Waals surface area (Å²) in [6.07, 6.45) is 4.83. The molecule has 0 aromatic carbocycles. The van der Waals surface area contributed by atoms with E-state index in [0.29, 0.717) is 5.92 Å². The van der Waals surface area contributed by atoms with Gasteiger partial charge in [-0.25, -0.2) is 0 Å². The molecule has 1 saturated heterocycles. The lowest BCUT2D eigenvalue weighted by Crippen LogP contribution is -2.42. The van der Waals surface area contributed by atoms with E-state index in [9.17, 15) is 0 Å². The van der Waals surface area contributed by atoms with E-state index in [2.05, 4.69) is 27.7 Å². The summed E-state index contributed by atoms with van der Waals surface area (Å²) < 4.78 is 11.7. The minimum atomic E-state index is 0.0369. The third-order valence-electron chi connectivity index (χ3n) is 3.25. The molecule has 0 aromatic heterocycles. The van der Waals surface area contributed by atoms with Gasteiger partial charge in [0.1, 0.15) is 0 Å². The van der Waals surface area contributed by atoms with Gasteiger partial charge in [-0.05, 0) is 12.8 Å². The highest BCUT2D eigenvalue weighted by atomic mass is 16.7. The molecule has 0 N–H and O–H groups in total. The molecule has 1 aliphatic rings. The molecule has 1 fully saturated rings. The maximum absolute atomic E-state index is 5.84. The summed E-state index contributed by atoms with van der Waals surface area (Å²) in [6, 6.07) is 0. The Morgan fingerprint density at radius 1 is 1.20 bits per heavy atom. The van der Waals surface area contributed by atoms with Crippen molar-refractivity contribution in [3.05, 3.63) is 0 Å². The summed E-state index contributed by atoms with van der Waals surface area (Å²) in [7, 11) is 0. The average molecular weight is 214 g/mol. The summed E-state index contributed by atoms with van der Waals surface area (Å²) in [5.41, 5.74) is 0.247. The van der Waals surface area contributed by atoms with E-state index in [1.807, 2.05) is 0 Å². The quantitative estimate of drug-likeness (QED) is 0.696. The number of hydrogen-bond acceptors (Lipinski definition) is 2. The zero-order valence-corrected chi connectivity index (χ0v) is 10.7. The van der Waals surface area contributed by atoms with Gasteiger partial charge in [0.05, 0.1) is 13.2 Å². The van der Waals surface area contributed by atoms with E-state index in [1.165, 1.54) is 25.7 Å². The molecule has 1 heterocycles. The van der Waals surface area contributed by atoms with Gasteiger partial charge >= 0.3 is 0 Å². The van der Waals surface area contributed by atoms with E-state index < -0.39 is 0 Å². The van der Waals surface area contributed by atoms with Crippen LogP contribution in [-0.4, -0.2) is 19.5 Å². The van der Waals surface area contributed by atoms with Gasteiger partial charge in [0.2, 0.25) is 0 Å². The summed E-state index contributed by atoms with van der Waals surface area (Å²) in [5.74, 6) is 0.529. The first-order valence-electron chi connectivity index (χ1n) is 6.34. The van der Waals surface area contributed by atoms with Crippen molar-refractivity contribution in [2.75, 3.05) is 13.2 Å². The van der Waals surface area contributed by atoms with E-state index in [-0.39, 0.29) is 11.7 Å². The Balaban J connectivity index is 2.34. The molecule has 2 heteroatoms. The molecule has 0 radical (unpaired) electrons. The lowest BCUT2D eigenvalue weighted by atomic mass is 9.86. The van der Waals surface area contributed by atoms with Gasteiger partial charge in [0, 0.05) is 11.3 Å². The average Bonchev–Trinajstić information content (AvgIpc) is 2.19. The lowest BCUT2D eigenvalue weighted by molar-refractivity contribution is -0.246. The van der Waals surface area contributed by atoms with Gasteiger partial charge in [-0.15, -0.1) is 0 Å². The fourth-order valence-electron chi connectivity index (χ4n) is 2.32. The van der Waals surface area contributed by atoms with Crippen LogP contribution < -0.4 is 0 Å².